The lowest BCUT2D eigenvalue weighted by Gasteiger charge is -2.16. The lowest BCUT2D eigenvalue weighted by atomic mass is 10.1. The zero-order chi connectivity index (χ0) is 19.1. The van der Waals surface area contributed by atoms with E-state index in [1.165, 1.54) is 0 Å². The molecule has 0 aliphatic rings. The summed E-state index contributed by atoms with van der Waals surface area (Å²) in [6.45, 7) is 3.41. The molecular formula is C18H25Cl2IN4O2. The molecular weight excluding hydrogens is 502 g/mol. The number of aliphatic hydroxyl groups is 1. The van der Waals surface area contributed by atoms with Crippen LogP contribution < -0.4 is 15.4 Å². The van der Waals surface area contributed by atoms with Crippen molar-refractivity contribution in [3.05, 3.63) is 51.8 Å². The molecule has 6 nitrogen and oxygen atoms in total. The van der Waals surface area contributed by atoms with E-state index >= 15 is 0 Å². The maximum atomic E-state index is 10.4. The highest BCUT2D eigenvalue weighted by atomic mass is 127. The second-order valence-electron chi connectivity index (χ2n) is 5.70. The highest BCUT2D eigenvalue weighted by molar-refractivity contribution is 14.0. The lowest BCUT2D eigenvalue weighted by molar-refractivity contribution is 0.180. The minimum atomic E-state index is -0.687. The van der Waals surface area contributed by atoms with Gasteiger partial charge in [-0.3, -0.25) is 0 Å². The number of hydrogen-bond acceptors (Lipinski definition) is 3. The Balaban J connectivity index is 0.00000364. The second kappa shape index (κ2) is 11.6. The molecule has 1 atom stereocenters. The number of nitrogens with zero attached hydrogens (tertiary/aromatic N) is 2. The van der Waals surface area contributed by atoms with E-state index in [0.29, 0.717) is 41.5 Å². The van der Waals surface area contributed by atoms with E-state index in [4.69, 9.17) is 27.9 Å². The number of rotatable bonds is 7. The van der Waals surface area contributed by atoms with Crippen molar-refractivity contribution in [3.63, 3.8) is 0 Å². The van der Waals surface area contributed by atoms with Gasteiger partial charge in [-0.2, -0.15) is 0 Å². The van der Waals surface area contributed by atoms with Gasteiger partial charge in [0.25, 0.3) is 0 Å². The zero-order valence-corrected chi connectivity index (χ0v) is 19.3. The van der Waals surface area contributed by atoms with Crippen LogP contribution in [-0.2, 0) is 13.6 Å². The molecule has 0 aliphatic carbocycles. The van der Waals surface area contributed by atoms with Gasteiger partial charge < -0.3 is 25.0 Å². The number of aliphatic imine (C=N–C) groups is 1. The average molecular weight is 527 g/mol. The summed E-state index contributed by atoms with van der Waals surface area (Å²) in [5, 5.41) is 17.7. The predicted molar refractivity (Wildman–Crippen MR) is 122 cm³/mol. The van der Waals surface area contributed by atoms with Gasteiger partial charge in [-0.05, 0) is 30.7 Å². The average Bonchev–Trinajstić information content (AvgIpc) is 2.90. The van der Waals surface area contributed by atoms with Crippen molar-refractivity contribution in [2.75, 3.05) is 20.2 Å². The highest BCUT2D eigenvalue weighted by Gasteiger charge is 2.11. The zero-order valence-electron chi connectivity index (χ0n) is 15.5. The number of halogens is 3. The molecule has 0 spiro atoms. The van der Waals surface area contributed by atoms with Crippen molar-refractivity contribution in [1.82, 2.24) is 15.2 Å². The standard InChI is InChI=1S/C18H24Cl2N4O2.HI/c1-4-21-18(22-10-13-9-15(19)17(20)24(13)2)23-11-16(25)12-6-5-7-14(8-12)26-3;/h5-9,16,25H,4,10-11H2,1-3H3,(H2,21,22,23);1H. The van der Waals surface area contributed by atoms with E-state index in [-0.39, 0.29) is 24.0 Å². The fraction of sp³-hybridized carbons (Fsp3) is 0.389. The summed E-state index contributed by atoms with van der Waals surface area (Å²) < 4.78 is 6.98. The maximum Gasteiger partial charge on any atom is 0.191 e. The normalized spacial score (nSPS) is 12.3. The molecule has 0 saturated carbocycles. The number of hydrogen-bond donors (Lipinski definition) is 3. The van der Waals surface area contributed by atoms with Gasteiger partial charge in [-0.25, -0.2) is 4.99 Å². The van der Waals surface area contributed by atoms with Crippen LogP contribution >= 0.6 is 47.2 Å². The van der Waals surface area contributed by atoms with Gasteiger partial charge in [-0.15, -0.1) is 24.0 Å². The molecule has 1 aromatic heterocycles. The summed E-state index contributed by atoms with van der Waals surface area (Å²) in [6.07, 6.45) is -0.687. The van der Waals surface area contributed by atoms with Crippen molar-refractivity contribution in [1.29, 1.82) is 0 Å². The van der Waals surface area contributed by atoms with Crippen LogP contribution in [0.4, 0.5) is 0 Å². The molecule has 1 aromatic carbocycles. The predicted octanol–water partition coefficient (Wildman–Crippen LogP) is 3.75. The molecule has 2 rings (SSSR count). The first kappa shape index (κ1) is 23.9. The number of aliphatic hydroxyl groups excluding tert-OH is 1. The number of ether oxygens (including phenoxy) is 1. The summed E-state index contributed by atoms with van der Waals surface area (Å²) in [5.74, 6) is 1.31. The molecule has 0 amide bonds. The van der Waals surface area contributed by atoms with Gasteiger partial charge >= 0.3 is 0 Å². The molecule has 9 heteroatoms. The van der Waals surface area contributed by atoms with Gasteiger partial charge in [0.15, 0.2) is 5.96 Å². The van der Waals surface area contributed by atoms with E-state index in [2.05, 4.69) is 15.6 Å². The molecule has 0 aliphatic heterocycles. The summed E-state index contributed by atoms with van der Waals surface area (Å²) in [7, 11) is 3.44. The molecule has 150 valence electrons. The van der Waals surface area contributed by atoms with Crippen molar-refractivity contribution >= 4 is 53.1 Å². The molecule has 0 bridgehead atoms. The Bertz CT molecular complexity index is 768. The molecule has 2 aromatic rings. The fourth-order valence-corrected chi connectivity index (χ4v) is 2.82. The second-order valence-corrected chi connectivity index (χ2v) is 6.47. The van der Waals surface area contributed by atoms with Gasteiger partial charge in [0.1, 0.15) is 10.9 Å². The Kier molecular flexibility index (Phi) is 10.3. The molecule has 1 unspecified atom stereocenters. The van der Waals surface area contributed by atoms with Gasteiger partial charge in [0, 0.05) is 25.8 Å². The molecule has 1 heterocycles. The fourth-order valence-electron chi connectivity index (χ4n) is 2.40. The summed E-state index contributed by atoms with van der Waals surface area (Å²) in [4.78, 5) is 4.52. The third-order valence-corrected chi connectivity index (χ3v) is 4.74. The number of aromatic nitrogens is 1. The largest absolute Gasteiger partial charge is 0.497 e. The first-order valence-electron chi connectivity index (χ1n) is 8.30. The first-order valence-corrected chi connectivity index (χ1v) is 9.05. The summed E-state index contributed by atoms with van der Waals surface area (Å²) in [6, 6.07) is 9.14. The third kappa shape index (κ3) is 6.74. The number of nitrogens with one attached hydrogen (secondary N) is 2. The lowest BCUT2D eigenvalue weighted by Crippen LogP contribution is -2.39. The first-order chi connectivity index (χ1) is 12.5. The van der Waals surface area contributed by atoms with Crippen LogP contribution in [0.5, 0.6) is 5.75 Å². The smallest absolute Gasteiger partial charge is 0.191 e. The Morgan fingerprint density at radius 2 is 2.04 bits per heavy atom. The Labute approximate surface area is 186 Å². The van der Waals surface area contributed by atoms with E-state index in [1.54, 1.807) is 17.7 Å². The summed E-state index contributed by atoms with van der Waals surface area (Å²) in [5.41, 5.74) is 1.67. The van der Waals surface area contributed by atoms with Crippen molar-refractivity contribution < 1.29 is 9.84 Å². The van der Waals surface area contributed by atoms with Gasteiger partial charge in [0.05, 0.1) is 24.8 Å². The Hall–Kier alpha value is -1.16. The van der Waals surface area contributed by atoms with Crippen molar-refractivity contribution in [2.24, 2.45) is 12.0 Å². The van der Waals surface area contributed by atoms with E-state index in [1.807, 2.05) is 38.2 Å². The topological polar surface area (TPSA) is 70.8 Å². The molecule has 0 fully saturated rings. The van der Waals surface area contributed by atoms with E-state index in [9.17, 15) is 5.11 Å². The SMILES string of the molecule is CCNC(=NCc1cc(Cl)c(Cl)n1C)NCC(O)c1cccc(OC)c1.I. The minimum absolute atomic E-state index is 0. The van der Waals surface area contributed by atoms with Crippen molar-refractivity contribution in [2.45, 2.75) is 19.6 Å². The Morgan fingerprint density at radius 3 is 2.63 bits per heavy atom. The van der Waals surface area contributed by atoms with Crippen molar-refractivity contribution in [3.8, 4) is 5.75 Å². The molecule has 27 heavy (non-hydrogen) atoms. The van der Waals surface area contributed by atoms with E-state index in [0.717, 1.165) is 11.3 Å². The van der Waals surface area contributed by atoms with Crippen LogP contribution in [-0.4, -0.2) is 35.8 Å². The van der Waals surface area contributed by atoms with Crippen LogP contribution in [0.2, 0.25) is 10.2 Å². The van der Waals surface area contributed by atoms with Crippen LogP contribution in [0.1, 0.15) is 24.3 Å². The minimum Gasteiger partial charge on any atom is -0.497 e. The van der Waals surface area contributed by atoms with Gasteiger partial charge in [0.2, 0.25) is 0 Å². The van der Waals surface area contributed by atoms with Crippen LogP contribution in [0.3, 0.4) is 0 Å². The van der Waals surface area contributed by atoms with Gasteiger partial charge in [-0.1, -0.05) is 35.3 Å². The molecule has 0 radical (unpaired) electrons. The maximum absolute atomic E-state index is 10.4. The quantitative estimate of drug-likeness (QED) is 0.292. The van der Waals surface area contributed by atoms with Crippen LogP contribution in [0.15, 0.2) is 35.3 Å². The monoisotopic (exact) mass is 526 g/mol. The summed E-state index contributed by atoms with van der Waals surface area (Å²) >= 11 is 12.1. The third-order valence-electron chi connectivity index (χ3n) is 3.90. The molecule has 3 N–H and O–H groups in total. The highest BCUT2D eigenvalue weighted by Crippen LogP contribution is 2.25. The number of benzene rings is 1. The number of guanidine groups is 1. The Morgan fingerprint density at radius 1 is 1.30 bits per heavy atom. The molecule has 0 saturated heterocycles. The van der Waals surface area contributed by atoms with Crippen LogP contribution in [0, 0.1) is 0 Å². The number of methoxy groups -OCH3 is 1. The van der Waals surface area contributed by atoms with Crippen LogP contribution in [0.25, 0.3) is 0 Å². The van der Waals surface area contributed by atoms with E-state index < -0.39 is 6.10 Å².